The molecule has 0 spiro atoms. The second-order valence-electron chi connectivity index (χ2n) is 5.17. The number of hydrogen-bond donors (Lipinski definition) is 2. The lowest BCUT2D eigenvalue weighted by atomic mass is 9.89. The van der Waals surface area contributed by atoms with E-state index >= 15 is 0 Å². The highest BCUT2D eigenvalue weighted by atomic mass is 16.3. The van der Waals surface area contributed by atoms with Crippen molar-refractivity contribution in [3.63, 3.8) is 0 Å². The van der Waals surface area contributed by atoms with Gasteiger partial charge in [-0.2, -0.15) is 0 Å². The van der Waals surface area contributed by atoms with E-state index in [4.69, 9.17) is 0 Å². The fourth-order valence-electron chi connectivity index (χ4n) is 2.82. The molecule has 0 aliphatic heterocycles. The Hall–Kier alpha value is -1.45. The number of pyridine rings is 1. The number of fused-ring (bicyclic) bond motifs is 1. The first-order valence-corrected chi connectivity index (χ1v) is 6.44. The fourth-order valence-corrected chi connectivity index (χ4v) is 2.82. The molecule has 2 N–H and O–H groups in total. The molecule has 0 radical (unpaired) electrons. The molecule has 1 saturated carbocycles. The van der Waals surface area contributed by atoms with Gasteiger partial charge in [0.25, 0.3) is 0 Å². The highest BCUT2D eigenvalue weighted by Crippen LogP contribution is 2.40. The van der Waals surface area contributed by atoms with Gasteiger partial charge in [0.1, 0.15) is 6.10 Å². The van der Waals surface area contributed by atoms with Gasteiger partial charge in [0.05, 0.1) is 11.1 Å². The Morgan fingerprint density at radius 3 is 2.72 bits per heavy atom. The largest absolute Gasteiger partial charge is 0.387 e. The summed E-state index contributed by atoms with van der Waals surface area (Å²) in [6.07, 6.45) is 4.25. The predicted molar refractivity (Wildman–Crippen MR) is 70.1 cm³/mol. The summed E-state index contributed by atoms with van der Waals surface area (Å²) in [5.74, 6) is 0. The molecule has 1 heterocycles. The molecular weight excluding hydrogens is 226 g/mol. The Kier molecular flexibility index (Phi) is 2.80. The lowest BCUT2D eigenvalue weighted by Crippen LogP contribution is -2.32. The average Bonchev–Trinajstić information content (AvgIpc) is 2.85. The zero-order chi connectivity index (χ0) is 12.6. The summed E-state index contributed by atoms with van der Waals surface area (Å²) < 4.78 is 0. The maximum absolute atomic E-state index is 10.4. The maximum Gasteiger partial charge on any atom is 0.108 e. The van der Waals surface area contributed by atoms with Crippen LogP contribution in [0.5, 0.6) is 0 Å². The molecule has 1 aliphatic rings. The summed E-state index contributed by atoms with van der Waals surface area (Å²) in [5.41, 5.74) is 0.656. The second kappa shape index (κ2) is 4.34. The van der Waals surface area contributed by atoms with Crippen LogP contribution in [0.15, 0.2) is 36.5 Å². The number of rotatable bonds is 2. The summed E-state index contributed by atoms with van der Waals surface area (Å²) in [5, 5.41) is 21.8. The Balaban J connectivity index is 1.98. The van der Waals surface area contributed by atoms with Crippen molar-refractivity contribution in [1.82, 2.24) is 4.98 Å². The van der Waals surface area contributed by atoms with E-state index in [0.717, 1.165) is 29.3 Å². The van der Waals surface area contributed by atoms with Crippen molar-refractivity contribution in [3.05, 3.63) is 42.1 Å². The molecule has 0 bridgehead atoms. The van der Waals surface area contributed by atoms with Gasteiger partial charge in [-0.05, 0) is 30.5 Å². The molecule has 1 unspecified atom stereocenters. The minimum Gasteiger partial charge on any atom is -0.387 e. The van der Waals surface area contributed by atoms with Gasteiger partial charge in [-0.15, -0.1) is 0 Å². The van der Waals surface area contributed by atoms with Crippen molar-refractivity contribution in [2.45, 2.75) is 37.4 Å². The molecule has 1 fully saturated rings. The van der Waals surface area contributed by atoms with Crippen LogP contribution in [0.25, 0.3) is 10.9 Å². The van der Waals surface area contributed by atoms with E-state index in [1.807, 2.05) is 30.3 Å². The minimum atomic E-state index is -0.956. The van der Waals surface area contributed by atoms with Crippen LogP contribution in [0, 0.1) is 0 Å². The lowest BCUT2D eigenvalue weighted by Gasteiger charge is -2.28. The number of aliphatic hydroxyl groups is 2. The zero-order valence-electron chi connectivity index (χ0n) is 10.2. The van der Waals surface area contributed by atoms with Gasteiger partial charge in [-0.25, -0.2) is 0 Å². The predicted octanol–water partition coefficient (Wildman–Crippen LogP) is 2.57. The second-order valence-corrected chi connectivity index (χ2v) is 5.17. The Morgan fingerprint density at radius 2 is 1.94 bits per heavy atom. The highest BCUT2D eigenvalue weighted by Gasteiger charge is 2.39. The van der Waals surface area contributed by atoms with Crippen LogP contribution in [0.2, 0.25) is 0 Å². The van der Waals surface area contributed by atoms with Crippen molar-refractivity contribution >= 4 is 10.9 Å². The Bertz CT molecular complexity index is 561. The summed E-state index contributed by atoms with van der Waals surface area (Å²) in [6.45, 7) is 0. The maximum atomic E-state index is 10.4. The molecule has 3 rings (SSSR count). The molecule has 3 nitrogen and oxygen atoms in total. The van der Waals surface area contributed by atoms with E-state index < -0.39 is 11.7 Å². The Labute approximate surface area is 106 Å². The van der Waals surface area contributed by atoms with Gasteiger partial charge >= 0.3 is 0 Å². The lowest BCUT2D eigenvalue weighted by molar-refractivity contribution is -0.0718. The van der Waals surface area contributed by atoms with Crippen molar-refractivity contribution in [1.29, 1.82) is 0 Å². The van der Waals surface area contributed by atoms with Gasteiger partial charge in [-0.3, -0.25) is 4.98 Å². The molecule has 1 aliphatic carbocycles. The van der Waals surface area contributed by atoms with Crippen molar-refractivity contribution in [3.8, 4) is 0 Å². The summed E-state index contributed by atoms with van der Waals surface area (Å²) in [7, 11) is 0. The first-order valence-electron chi connectivity index (χ1n) is 6.44. The van der Waals surface area contributed by atoms with Crippen LogP contribution in [-0.2, 0) is 0 Å². The van der Waals surface area contributed by atoms with E-state index in [0.29, 0.717) is 12.8 Å². The first kappa shape index (κ1) is 11.6. The van der Waals surface area contributed by atoms with Gasteiger partial charge < -0.3 is 10.2 Å². The van der Waals surface area contributed by atoms with E-state index in [9.17, 15) is 10.2 Å². The van der Waals surface area contributed by atoms with Gasteiger partial charge in [0.2, 0.25) is 0 Å². The molecule has 1 atom stereocenters. The smallest absolute Gasteiger partial charge is 0.108 e. The number of aliphatic hydroxyl groups excluding tert-OH is 1. The number of benzene rings is 1. The Morgan fingerprint density at radius 1 is 1.17 bits per heavy atom. The fraction of sp³-hybridized carbons (Fsp3) is 0.400. The number of nitrogens with zero attached hydrogens (tertiary/aromatic N) is 1. The van der Waals surface area contributed by atoms with Gasteiger partial charge in [0.15, 0.2) is 0 Å². The van der Waals surface area contributed by atoms with E-state index in [2.05, 4.69) is 4.98 Å². The monoisotopic (exact) mass is 243 g/mol. The topological polar surface area (TPSA) is 53.4 Å². The number of hydrogen-bond acceptors (Lipinski definition) is 3. The molecule has 18 heavy (non-hydrogen) atoms. The number of aromatic nitrogens is 1. The highest BCUT2D eigenvalue weighted by molar-refractivity contribution is 5.78. The van der Waals surface area contributed by atoms with Crippen LogP contribution in [0.3, 0.4) is 0 Å². The van der Waals surface area contributed by atoms with Gasteiger partial charge in [0, 0.05) is 11.6 Å². The molecular formula is C15H17NO2. The summed E-state index contributed by atoms with van der Waals surface area (Å²) >= 11 is 0. The van der Waals surface area contributed by atoms with Crippen LogP contribution in [0.1, 0.15) is 37.4 Å². The third-order valence-corrected chi connectivity index (χ3v) is 3.92. The summed E-state index contributed by atoms with van der Waals surface area (Å²) in [6, 6.07) is 9.58. The van der Waals surface area contributed by atoms with Crippen molar-refractivity contribution in [2.24, 2.45) is 0 Å². The zero-order valence-corrected chi connectivity index (χ0v) is 10.2. The first-order chi connectivity index (χ1) is 8.69. The standard InChI is InChI=1S/C15H17NO2/c17-14(15(18)7-1-2-8-15)12-6-5-11-4-3-9-16-13(11)10-12/h3-6,9-10,14,17-18H,1-2,7-8H2. The van der Waals surface area contributed by atoms with Crippen LogP contribution < -0.4 is 0 Å². The minimum absolute atomic E-state index is 0.675. The molecule has 94 valence electrons. The third-order valence-electron chi connectivity index (χ3n) is 3.92. The summed E-state index contributed by atoms with van der Waals surface area (Å²) in [4.78, 5) is 4.28. The quantitative estimate of drug-likeness (QED) is 0.852. The molecule has 2 aromatic rings. The van der Waals surface area contributed by atoms with E-state index in [-0.39, 0.29) is 0 Å². The van der Waals surface area contributed by atoms with Crippen LogP contribution in [0.4, 0.5) is 0 Å². The molecule has 0 amide bonds. The molecule has 1 aromatic heterocycles. The van der Waals surface area contributed by atoms with Crippen LogP contribution >= 0.6 is 0 Å². The van der Waals surface area contributed by atoms with Crippen molar-refractivity contribution < 1.29 is 10.2 Å². The van der Waals surface area contributed by atoms with E-state index in [1.54, 1.807) is 6.20 Å². The van der Waals surface area contributed by atoms with Crippen molar-refractivity contribution in [2.75, 3.05) is 0 Å². The third kappa shape index (κ3) is 1.89. The van der Waals surface area contributed by atoms with Crippen LogP contribution in [-0.4, -0.2) is 20.8 Å². The SMILES string of the molecule is OC(c1ccc2cccnc2c1)C1(O)CCCC1. The molecule has 0 saturated heterocycles. The molecule has 1 aromatic carbocycles. The van der Waals surface area contributed by atoms with E-state index in [1.165, 1.54) is 0 Å². The average molecular weight is 243 g/mol. The molecule has 3 heteroatoms. The van der Waals surface area contributed by atoms with Gasteiger partial charge in [-0.1, -0.05) is 31.0 Å². The normalized spacial score (nSPS) is 20.1.